The fourth-order valence-electron chi connectivity index (χ4n) is 3.01. The van der Waals surface area contributed by atoms with Gasteiger partial charge in [-0.25, -0.2) is 14.6 Å². The lowest BCUT2D eigenvalue weighted by Gasteiger charge is -2.35. The summed E-state index contributed by atoms with van der Waals surface area (Å²) in [7, 11) is 1.29. The Kier molecular flexibility index (Phi) is 4.94. The molecule has 1 aliphatic rings. The van der Waals surface area contributed by atoms with E-state index in [1.165, 1.54) is 7.11 Å². The molecular weight excluding hydrogens is 344 g/mol. The van der Waals surface area contributed by atoms with Gasteiger partial charge in [0.25, 0.3) is 0 Å². The minimum Gasteiger partial charge on any atom is -0.467 e. The number of halogens is 1. The van der Waals surface area contributed by atoms with E-state index in [2.05, 4.69) is 20.0 Å². The summed E-state index contributed by atoms with van der Waals surface area (Å²) < 4.78 is 4.66. The van der Waals surface area contributed by atoms with Crippen LogP contribution in [0, 0.1) is 0 Å². The van der Waals surface area contributed by atoms with Crippen molar-refractivity contribution in [3.05, 3.63) is 52.6 Å². The van der Waals surface area contributed by atoms with Crippen molar-refractivity contribution < 1.29 is 14.3 Å². The number of imidazole rings is 1. The highest BCUT2D eigenvalue weighted by molar-refractivity contribution is 6.30. The minimum atomic E-state index is -0.738. The highest BCUT2D eigenvalue weighted by Crippen LogP contribution is 2.34. The van der Waals surface area contributed by atoms with E-state index >= 15 is 0 Å². The van der Waals surface area contributed by atoms with Crippen LogP contribution in [0.1, 0.15) is 29.9 Å². The Bertz CT molecular complexity index is 792. The lowest BCUT2D eigenvalue weighted by atomic mass is 9.96. The number of esters is 1. The Morgan fingerprint density at radius 3 is 3.00 bits per heavy atom. The third kappa shape index (κ3) is 3.46. The molecular formula is C17H19ClN4O3. The second kappa shape index (κ2) is 7.14. The number of methoxy groups -OCH3 is 1. The second-order valence-corrected chi connectivity index (χ2v) is 6.30. The fraction of sp³-hybridized carbons (Fsp3) is 0.353. The average Bonchev–Trinajstić information content (AvgIpc) is 3.08. The van der Waals surface area contributed by atoms with Gasteiger partial charge in [0.2, 0.25) is 0 Å². The van der Waals surface area contributed by atoms with Gasteiger partial charge in [-0.15, -0.1) is 0 Å². The zero-order valence-corrected chi connectivity index (χ0v) is 14.7. The van der Waals surface area contributed by atoms with Gasteiger partial charge in [-0.2, -0.15) is 0 Å². The Balaban J connectivity index is 1.92. The van der Waals surface area contributed by atoms with Crippen molar-refractivity contribution in [1.82, 2.24) is 20.2 Å². The van der Waals surface area contributed by atoms with Crippen molar-refractivity contribution in [3.63, 3.8) is 0 Å². The van der Waals surface area contributed by atoms with Crippen molar-refractivity contribution >= 4 is 23.6 Å². The first kappa shape index (κ1) is 17.3. The second-order valence-electron chi connectivity index (χ2n) is 5.86. The molecule has 2 heterocycles. The zero-order chi connectivity index (χ0) is 18.0. The van der Waals surface area contributed by atoms with E-state index in [1.54, 1.807) is 24.2 Å². The summed E-state index contributed by atoms with van der Waals surface area (Å²) in [5, 5.41) is 3.27. The molecule has 0 saturated carbocycles. The smallest absolute Gasteiger partial charge is 0.328 e. The first-order valence-electron chi connectivity index (χ1n) is 7.94. The van der Waals surface area contributed by atoms with E-state index in [4.69, 9.17) is 11.6 Å². The summed E-state index contributed by atoms with van der Waals surface area (Å²) in [4.78, 5) is 33.5. The van der Waals surface area contributed by atoms with Gasteiger partial charge in [-0.1, -0.05) is 23.7 Å². The van der Waals surface area contributed by atoms with Crippen LogP contribution in [0.15, 0.2) is 30.6 Å². The summed E-state index contributed by atoms with van der Waals surface area (Å²) >= 11 is 6.13. The number of nitrogens with zero attached hydrogens (tertiary/aromatic N) is 2. The maximum Gasteiger partial charge on any atom is 0.328 e. The van der Waals surface area contributed by atoms with Crippen LogP contribution in [-0.4, -0.2) is 46.6 Å². The highest BCUT2D eigenvalue weighted by Gasteiger charge is 2.35. The molecule has 0 unspecified atom stereocenters. The molecule has 2 atom stereocenters. The van der Waals surface area contributed by atoms with E-state index in [0.29, 0.717) is 18.0 Å². The molecule has 0 bridgehead atoms. The van der Waals surface area contributed by atoms with Crippen molar-refractivity contribution in [2.75, 3.05) is 13.7 Å². The molecule has 7 nitrogen and oxygen atoms in total. The van der Waals surface area contributed by atoms with Gasteiger partial charge in [-0.3, -0.25) is 0 Å². The number of hydrogen-bond acceptors (Lipinski definition) is 4. The molecule has 132 valence electrons. The summed E-state index contributed by atoms with van der Waals surface area (Å²) in [5.41, 5.74) is 2.64. The number of nitrogens with one attached hydrogen (secondary N) is 2. The molecule has 0 spiro atoms. The molecule has 2 aromatic rings. The average molecular weight is 363 g/mol. The van der Waals surface area contributed by atoms with Crippen LogP contribution in [-0.2, 0) is 16.0 Å². The maximum absolute atomic E-state index is 12.8. The molecule has 2 N–H and O–H groups in total. The number of carbonyl (C=O) groups excluding carboxylic acids is 2. The van der Waals surface area contributed by atoms with E-state index < -0.39 is 12.0 Å². The molecule has 25 heavy (non-hydrogen) atoms. The van der Waals surface area contributed by atoms with Gasteiger partial charge < -0.3 is 19.9 Å². The summed E-state index contributed by atoms with van der Waals surface area (Å²) in [6.45, 7) is 2.08. The number of carbonyl (C=O) groups is 2. The third-order valence-corrected chi connectivity index (χ3v) is 4.48. The quantitative estimate of drug-likeness (QED) is 0.820. The predicted molar refractivity (Wildman–Crippen MR) is 92.3 cm³/mol. The van der Waals surface area contributed by atoms with Crippen LogP contribution in [0.3, 0.4) is 0 Å². The molecule has 1 aromatic heterocycles. The Morgan fingerprint density at radius 1 is 1.48 bits per heavy atom. The number of amides is 2. The molecule has 0 fully saturated rings. The number of rotatable bonds is 3. The lowest BCUT2D eigenvalue weighted by molar-refractivity contribution is -0.142. The van der Waals surface area contributed by atoms with Crippen molar-refractivity contribution in [3.8, 4) is 0 Å². The normalized spacial score (nSPS) is 17.6. The van der Waals surface area contributed by atoms with Crippen molar-refractivity contribution in [1.29, 1.82) is 0 Å². The topological polar surface area (TPSA) is 87.3 Å². The molecule has 1 aromatic carbocycles. The lowest BCUT2D eigenvalue weighted by Crippen LogP contribution is -2.50. The number of aromatic nitrogens is 2. The van der Waals surface area contributed by atoms with Crippen LogP contribution in [0.5, 0.6) is 0 Å². The van der Waals surface area contributed by atoms with E-state index in [0.717, 1.165) is 17.0 Å². The van der Waals surface area contributed by atoms with Crippen LogP contribution in [0.2, 0.25) is 5.02 Å². The predicted octanol–water partition coefficient (Wildman–Crippen LogP) is 2.28. The number of H-pyrrole nitrogens is 1. The monoisotopic (exact) mass is 362 g/mol. The van der Waals surface area contributed by atoms with E-state index in [-0.39, 0.29) is 12.1 Å². The van der Waals surface area contributed by atoms with Crippen LogP contribution >= 0.6 is 11.6 Å². The fourth-order valence-corrected chi connectivity index (χ4v) is 3.21. The van der Waals surface area contributed by atoms with Crippen molar-refractivity contribution in [2.24, 2.45) is 0 Å². The summed E-state index contributed by atoms with van der Waals surface area (Å²) in [6, 6.07) is 5.88. The molecule has 0 saturated heterocycles. The Morgan fingerprint density at radius 2 is 2.28 bits per heavy atom. The van der Waals surface area contributed by atoms with Crippen LogP contribution in [0.4, 0.5) is 4.79 Å². The molecule has 0 radical (unpaired) electrons. The zero-order valence-electron chi connectivity index (χ0n) is 14.0. The SMILES string of the molecule is COC(=O)[C@H](C)NC(=O)N1CCc2[nH]cnc2[C@H]1c1cccc(Cl)c1. The number of hydrogen-bond donors (Lipinski definition) is 2. The molecule has 0 aliphatic carbocycles. The highest BCUT2D eigenvalue weighted by atomic mass is 35.5. The summed E-state index contributed by atoms with van der Waals surface area (Å²) in [6.07, 6.45) is 2.28. The summed E-state index contributed by atoms with van der Waals surface area (Å²) in [5.74, 6) is -0.495. The molecule has 1 aliphatic heterocycles. The van der Waals surface area contributed by atoms with Gasteiger partial charge in [-0.05, 0) is 24.6 Å². The van der Waals surface area contributed by atoms with E-state index in [9.17, 15) is 9.59 Å². The van der Waals surface area contributed by atoms with Crippen molar-refractivity contribution in [2.45, 2.75) is 25.4 Å². The van der Waals surface area contributed by atoms with Gasteiger partial charge >= 0.3 is 12.0 Å². The number of urea groups is 1. The minimum absolute atomic E-state index is 0.350. The first-order valence-corrected chi connectivity index (χ1v) is 8.31. The number of ether oxygens (including phenoxy) is 1. The number of aromatic amines is 1. The standard InChI is InChI=1S/C17H19ClN4O3/c1-10(16(23)25-2)21-17(24)22-7-6-13-14(20-9-19-13)15(22)11-4-3-5-12(18)8-11/h3-5,8-10,15H,6-7H2,1-2H3,(H,19,20)(H,21,24)/t10-,15+/m0/s1. The largest absolute Gasteiger partial charge is 0.467 e. The molecule has 3 rings (SSSR count). The Hall–Kier alpha value is -2.54. The Labute approximate surface area is 150 Å². The van der Waals surface area contributed by atoms with Gasteiger partial charge in [0.1, 0.15) is 12.1 Å². The number of benzene rings is 1. The maximum atomic E-state index is 12.8. The van der Waals surface area contributed by atoms with Gasteiger partial charge in [0.05, 0.1) is 19.1 Å². The van der Waals surface area contributed by atoms with Gasteiger partial charge in [0.15, 0.2) is 0 Å². The molecule has 8 heteroatoms. The first-order chi connectivity index (χ1) is 12.0. The van der Waals surface area contributed by atoms with E-state index in [1.807, 2.05) is 18.2 Å². The third-order valence-electron chi connectivity index (χ3n) is 4.24. The van der Waals surface area contributed by atoms with Gasteiger partial charge in [0, 0.05) is 23.7 Å². The molecule has 2 amide bonds. The van der Waals surface area contributed by atoms with Crippen LogP contribution < -0.4 is 5.32 Å². The number of fused-ring (bicyclic) bond motifs is 1. The van der Waals surface area contributed by atoms with Crippen LogP contribution in [0.25, 0.3) is 0 Å².